The summed E-state index contributed by atoms with van der Waals surface area (Å²) in [4.78, 5) is 11.0. The van der Waals surface area contributed by atoms with Gasteiger partial charge in [0.15, 0.2) is 0 Å². The highest BCUT2D eigenvalue weighted by molar-refractivity contribution is 7.89. The van der Waals surface area contributed by atoms with Gasteiger partial charge in [-0.25, -0.2) is 8.42 Å². The fraction of sp³-hybridized carbons (Fsp3) is 0.353. The molecule has 24 heavy (non-hydrogen) atoms. The fourth-order valence-corrected chi connectivity index (χ4v) is 4.34. The average Bonchev–Trinajstić information content (AvgIpc) is 3.26. The molecule has 0 amide bonds. The Bertz CT molecular complexity index is 851. The molecule has 0 spiro atoms. The van der Waals surface area contributed by atoms with Crippen LogP contribution in [0.3, 0.4) is 0 Å². The van der Waals surface area contributed by atoms with Gasteiger partial charge in [-0.3, -0.25) is 4.79 Å². The number of sulfonamides is 1. The molecule has 1 N–H and O–H groups in total. The first-order valence-corrected chi connectivity index (χ1v) is 9.18. The maximum atomic E-state index is 13.0. The van der Waals surface area contributed by atoms with Crippen molar-refractivity contribution in [2.75, 3.05) is 0 Å². The van der Waals surface area contributed by atoms with Crippen LogP contribution in [0.15, 0.2) is 45.7 Å². The third-order valence-electron chi connectivity index (χ3n) is 3.92. The Morgan fingerprint density at radius 2 is 2.04 bits per heavy atom. The lowest BCUT2D eigenvalue weighted by Crippen LogP contribution is -2.32. The van der Waals surface area contributed by atoms with Crippen molar-refractivity contribution in [3.8, 4) is 0 Å². The number of furan rings is 1. The van der Waals surface area contributed by atoms with Crippen LogP contribution in [0, 0.1) is 6.92 Å². The molecule has 1 aliphatic rings. The summed E-state index contributed by atoms with van der Waals surface area (Å²) in [7, 11) is -3.70. The van der Waals surface area contributed by atoms with Crippen molar-refractivity contribution in [1.82, 2.24) is 4.31 Å². The van der Waals surface area contributed by atoms with E-state index in [0.717, 1.165) is 18.6 Å². The lowest BCUT2D eigenvalue weighted by atomic mass is 10.2. The summed E-state index contributed by atoms with van der Waals surface area (Å²) < 4.78 is 33.0. The van der Waals surface area contributed by atoms with Gasteiger partial charge < -0.3 is 9.52 Å². The Morgan fingerprint density at radius 3 is 2.62 bits per heavy atom. The molecule has 0 saturated heterocycles. The van der Waals surface area contributed by atoms with E-state index in [1.54, 1.807) is 24.3 Å². The van der Waals surface area contributed by atoms with E-state index >= 15 is 0 Å². The molecule has 6 nitrogen and oxygen atoms in total. The first-order valence-electron chi connectivity index (χ1n) is 7.74. The first-order chi connectivity index (χ1) is 11.4. The highest BCUT2D eigenvalue weighted by Gasteiger charge is 2.38. The summed E-state index contributed by atoms with van der Waals surface area (Å²) >= 11 is 0. The van der Waals surface area contributed by atoms with E-state index < -0.39 is 16.0 Å². The second kappa shape index (κ2) is 6.41. The monoisotopic (exact) mass is 349 g/mol. The fourth-order valence-electron chi connectivity index (χ4n) is 2.62. The van der Waals surface area contributed by atoms with Crippen molar-refractivity contribution in [3.63, 3.8) is 0 Å². The molecule has 1 aliphatic carbocycles. The highest BCUT2D eigenvalue weighted by atomic mass is 32.2. The van der Waals surface area contributed by atoms with Crippen molar-refractivity contribution < 1.29 is 22.7 Å². The Morgan fingerprint density at radius 1 is 1.29 bits per heavy atom. The van der Waals surface area contributed by atoms with Gasteiger partial charge in [0.05, 0.1) is 17.9 Å². The molecule has 1 aromatic heterocycles. The molecule has 0 atom stereocenters. The van der Waals surface area contributed by atoms with Crippen LogP contribution in [-0.2, 0) is 27.8 Å². The molecule has 2 aromatic rings. The molecular formula is C17H19NO5S. The standard InChI is InChI=1S/C17H19NO5S/c1-12-5-8-15(23-12)11-18(14-6-7-14)24(21,22)16-4-2-3-13(9-16)10-17(19)20/h2-5,8-9,14H,6-7,10-11H2,1H3,(H,19,20). The maximum Gasteiger partial charge on any atom is 0.307 e. The van der Waals surface area contributed by atoms with Gasteiger partial charge in [-0.15, -0.1) is 0 Å². The Hall–Kier alpha value is -2.12. The Labute approximate surface area is 140 Å². The molecule has 1 saturated carbocycles. The lowest BCUT2D eigenvalue weighted by Gasteiger charge is -2.21. The number of nitrogens with zero attached hydrogens (tertiary/aromatic N) is 1. The number of rotatable bonds is 7. The predicted octanol–water partition coefficient (Wildman–Crippen LogP) is 2.57. The summed E-state index contributed by atoms with van der Waals surface area (Å²) in [6, 6.07) is 9.69. The van der Waals surface area contributed by atoms with Crippen molar-refractivity contribution >= 4 is 16.0 Å². The second-order valence-corrected chi connectivity index (χ2v) is 7.90. The average molecular weight is 349 g/mol. The van der Waals surface area contributed by atoms with Gasteiger partial charge in [-0.05, 0) is 49.6 Å². The number of carboxylic acids is 1. The minimum Gasteiger partial charge on any atom is -0.481 e. The Kier molecular flexibility index (Phi) is 4.47. The van der Waals surface area contributed by atoms with E-state index in [0.29, 0.717) is 11.3 Å². The largest absolute Gasteiger partial charge is 0.481 e. The highest BCUT2D eigenvalue weighted by Crippen LogP contribution is 2.34. The van der Waals surface area contributed by atoms with Crippen molar-refractivity contribution in [2.24, 2.45) is 0 Å². The van der Waals surface area contributed by atoms with Gasteiger partial charge in [0.1, 0.15) is 11.5 Å². The molecule has 1 fully saturated rings. The number of hydrogen-bond acceptors (Lipinski definition) is 4. The van der Waals surface area contributed by atoms with Crippen LogP contribution >= 0.6 is 0 Å². The zero-order chi connectivity index (χ0) is 17.3. The summed E-state index contributed by atoms with van der Waals surface area (Å²) in [5.74, 6) is 0.348. The number of carboxylic acid groups (broad SMARTS) is 1. The zero-order valence-corrected chi connectivity index (χ0v) is 14.1. The third-order valence-corrected chi connectivity index (χ3v) is 5.82. The SMILES string of the molecule is Cc1ccc(CN(C2CC2)S(=O)(=O)c2cccc(CC(=O)O)c2)o1. The minimum atomic E-state index is -3.70. The number of hydrogen-bond donors (Lipinski definition) is 1. The second-order valence-electron chi connectivity index (χ2n) is 6.01. The van der Waals surface area contributed by atoms with Gasteiger partial charge in [0.2, 0.25) is 10.0 Å². The van der Waals surface area contributed by atoms with Crippen molar-refractivity contribution in [1.29, 1.82) is 0 Å². The van der Waals surface area contributed by atoms with Crippen LogP contribution < -0.4 is 0 Å². The van der Waals surface area contributed by atoms with Gasteiger partial charge in [0.25, 0.3) is 0 Å². The van der Waals surface area contributed by atoms with Crippen molar-refractivity contribution in [2.45, 2.75) is 43.7 Å². The molecule has 0 unspecified atom stereocenters. The van der Waals surface area contributed by atoms with Crippen LogP contribution in [0.2, 0.25) is 0 Å². The van der Waals surface area contributed by atoms with E-state index in [2.05, 4.69) is 0 Å². The van der Waals surface area contributed by atoms with E-state index in [9.17, 15) is 13.2 Å². The molecule has 0 aliphatic heterocycles. The summed E-state index contributed by atoms with van der Waals surface area (Å²) in [5.41, 5.74) is 0.466. The summed E-state index contributed by atoms with van der Waals surface area (Å²) in [5, 5.41) is 8.89. The van der Waals surface area contributed by atoms with E-state index in [1.165, 1.54) is 16.4 Å². The Balaban J connectivity index is 1.90. The zero-order valence-electron chi connectivity index (χ0n) is 13.3. The molecule has 0 radical (unpaired) electrons. The van der Waals surface area contributed by atoms with Crippen LogP contribution in [0.4, 0.5) is 0 Å². The smallest absolute Gasteiger partial charge is 0.307 e. The quantitative estimate of drug-likeness (QED) is 0.830. The summed E-state index contributed by atoms with van der Waals surface area (Å²) in [6.07, 6.45) is 1.45. The minimum absolute atomic E-state index is 0.0245. The maximum absolute atomic E-state index is 13.0. The number of aryl methyl sites for hydroxylation is 1. The van der Waals surface area contributed by atoms with E-state index in [-0.39, 0.29) is 23.9 Å². The van der Waals surface area contributed by atoms with E-state index in [4.69, 9.17) is 9.52 Å². The molecule has 0 bridgehead atoms. The number of aliphatic carboxylic acids is 1. The van der Waals surface area contributed by atoms with Crippen LogP contribution in [0.25, 0.3) is 0 Å². The molecule has 1 aromatic carbocycles. The van der Waals surface area contributed by atoms with Crippen molar-refractivity contribution in [3.05, 3.63) is 53.5 Å². The number of carbonyl (C=O) groups is 1. The molecule has 3 rings (SSSR count). The molecule has 1 heterocycles. The van der Waals surface area contributed by atoms with Gasteiger partial charge >= 0.3 is 5.97 Å². The number of benzene rings is 1. The van der Waals surface area contributed by atoms with Crippen LogP contribution in [0.1, 0.15) is 29.9 Å². The predicted molar refractivity (Wildman–Crippen MR) is 87.0 cm³/mol. The van der Waals surface area contributed by atoms with E-state index in [1.807, 2.05) is 6.92 Å². The first kappa shape index (κ1) is 16.7. The molecule has 7 heteroatoms. The third kappa shape index (κ3) is 3.68. The summed E-state index contributed by atoms with van der Waals surface area (Å²) in [6.45, 7) is 2.00. The van der Waals surface area contributed by atoms with Gasteiger partial charge in [-0.1, -0.05) is 12.1 Å². The van der Waals surface area contributed by atoms with Gasteiger partial charge in [-0.2, -0.15) is 4.31 Å². The van der Waals surface area contributed by atoms with Gasteiger partial charge in [0, 0.05) is 6.04 Å². The molecule has 128 valence electrons. The topological polar surface area (TPSA) is 87.8 Å². The van der Waals surface area contributed by atoms with Crippen LogP contribution in [-0.4, -0.2) is 29.8 Å². The lowest BCUT2D eigenvalue weighted by molar-refractivity contribution is -0.136. The molecular weight excluding hydrogens is 330 g/mol. The normalized spacial score (nSPS) is 14.9. The van der Waals surface area contributed by atoms with Crippen LogP contribution in [0.5, 0.6) is 0 Å².